The van der Waals surface area contributed by atoms with Crippen molar-refractivity contribution in [2.45, 2.75) is 58.6 Å². The van der Waals surface area contributed by atoms with E-state index in [1.54, 1.807) is 25.3 Å². The Balaban J connectivity index is 0.000000231. The summed E-state index contributed by atoms with van der Waals surface area (Å²) < 4.78 is 16.2. The van der Waals surface area contributed by atoms with Crippen molar-refractivity contribution in [1.82, 2.24) is 24.4 Å². The average Bonchev–Trinajstić information content (AvgIpc) is 3.24. The molecule has 0 radical (unpaired) electrons. The van der Waals surface area contributed by atoms with Crippen molar-refractivity contribution in [3.63, 3.8) is 0 Å². The van der Waals surface area contributed by atoms with Crippen molar-refractivity contribution in [3.8, 4) is 11.4 Å². The molecule has 0 amide bonds. The van der Waals surface area contributed by atoms with Crippen LogP contribution in [0.4, 0.5) is 0 Å². The summed E-state index contributed by atoms with van der Waals surface area (Å²) in [4.78, 5) is 17.8. The van der Waals surface area contributed by atoms with Gasteiger partial charge in [0.1, 0.15) is 22.2 Å². The second-order valence-corrected chi connectivity index (χ2v) is 10.7. The SMILES string of the molecule is CCCCC(=O)OC1(CC)CN(CCO)C1.COc1cc(CNSC)ccc1-n1nc(C)c2cnc(Cl)cc21. The van der Waals surface area contributed by atoms with Crippen LogP contribution in [0.3, 0.4) is 0 Å². The number of aryl methyl sites for hydroxylation is 1. The Morgan fingerprint density at radius 3 is 2.69 bits per heavy atom. The number of likely N-dealkylation sites (tertiary alicyclic amines) is 1. The number of aromatic nitrogens is 3. The number of pyridine rings is 1. The number of aliphatic hydroxyl groups is 1. The average molecular weight is 578 g/mol. The van der Waals surface area contributed by atoms with Gasteiger partial charge in [0.2, 0.25) is 0 Å². The molecule has 1 aliphatic rings. The van der Waals surface area contributed by atoms with Gasteiger partial charge in [0.05, 0.1) is 24.9 Å². The van der Waals surface area contributed by atoms with Crippen LogP contribution < -0.4 is 9.46 Å². The summed E-state index contributed by atoms with van der Waals surface area (Å²) in [5, 5.41) is 14.8. The van der Waals surface area contributed by atoms with Gasteiger partial charge >= 0.3 is 5.97 Å². The van der Waals surface area contributed by atoms with Crippen LogP contribution in [0.2, 0.25) is 5.15 Å². The second kappa shape index (κ2) is 14.9. The number of benzene rings is 1. The minimum atomic E-state index is -0.278. The lowest BCUT2D eigenvalue weighted by molar-refractivity contribution is -0.181. The molecule has 2 N–H and O–H groups in total. The maximum Gasteiger partial charge on any atom is 0.306 e. The monoisotopic (exact) mass is 577 g/mol. The quantitative estimate of drug-likeness (QED) is 0.176. The topological polar surface area (TPSA) is 102 Å². The van der Waals surface area contributed by atoms with Crippen molar-refractivity contribution in [2.24, 2.45) is 0 Å². The number of rotatable bonds is 12. The van der Waals surface area contributed by atoms with Gasteiger partial charge in [0.25, 0.3) is 0 Å². The minimum Gasteiger partial charge on any atom is -0.494 e. The zero-order chi connectivity index (χ0) is 28.4. The third kappa shape index (κ3) is 8.08. The zero-order valence-corrected chi connectivity index (χ0v) is 25.1. The molecular formula is C28H40ClN5O4S. The third-order valence-electron chi connectivity index (χ3n) is 6.76. The van der Waals surface area contributed by atoms with Crippen LogP contribution in [0.15, 0.2) is 30.5 Å². The maximum atomic E-state index is 11.5. The molecular weight excluding hydrogens is 538 g/mol. The molecule has 3 aromatic rings. The van der Waals surface area contributed by atoms with Crippen LogP contribution in [0, 0.1) is 6.92 Å². The van der Waals surface area contributed by atoms with E-state index >= 15 is 0 Å². The van der Waals surface area contributed by atoms with Gasteiger partial charge in [-0.05, 0) is 43.7 Å². The number of esters is 1. The van der Waals surface area contributed by atoms with Crippen molar-refractivity contribution in [1.29, 1.82) is 0 Å². The Bertz CT molecular complexity index is 1230. The molecule has 0 atom stereocenters. The molecule has 1 saturated heterocycles. The van der Waals surface area contributed by atoms with E-state index in [1.165, 1.54) is 0 Å². The number of unbranched alkanes of at least 4 members (excludes halogenated alkanes) is 1. The van der Waals surface area contributed by atoms with Crippen LogP contribution in [0.5, 0.6) is 5.75 Å². The Labute approximate surface area is 240 Å². The minimum absolute atomic E-state index is 0.0765. The van der Waals surface area contributed by atoms with Gasteiger partial charge < -0.3 is 14.6 Å². The molecule has 11 heteroatoms. The van der Waals surface area contributed by atoms with Gasteiger partial charge in [-0.1, -0.05) is 49.9 Å². The Hall–Kier alpha value is -2.37. The fourth-order valence-corrected chi connectivity index (χ4v) is 4.98. The summed E-state index contributed by atoms with van der Waals surface area (Å²) in [7, 11) is 1.66. The predicted octanol–water partition coefficient (Wildman–Crippen LogP) is 4.94. The van der Waals surface area contributed by atoms with E-state index in [1.807, 2.05) is 43.0 Å². The smallest absolute Gasteiger partial charge is 0.306 e. The molecule has 1 fully saturated rings. The molecule has 0 saturated carbocycles. The molecule has 4 rings (SSSR count). The summed E-state index contributed by atoms with van der Waals surface area (Å²) in [6, 6.07) is 7.91. The van der Waals surface area contributed by atoms with Gasteiger partial charge in [-0.25, -0.2) is 9.67 Å². The number of halogens is 1. The summed E-state index contributed by atoms with van der Waals surface area (Å²) in [6.45, 7) is 9.21. The molecule has 214 valence electrons. The van der Waals surface area contributed by atoms with Gasteiger partial charge in [-0.3, -0.25) is 14.4 Å². The van der Waals surface area contributed by atoms with Crippen LogP contribution in [-0.4, -0.2) is 75.9 Å². The fraction of sp³-hybridized carbons (Fsp3) is 0.536. The number of aliphatic hydroxyl groups excluding tert-OH is 1. The highest BCUT2D eigenvalue weighted by Gasteiger charge is 2.44. The molecule has 3 heterocycles. The van der Waals surface area contributed by atoms with Crippen molar-refractivity contribution >= 4 is 40.4 Å². The lowest BCUT2D eigenvalue weighted by atomic mass is 9.91. The van der Waals surface area contributed by atoms with Crippen LogP contribution in [-0.2, 0) is 16.1 Å². The van der Waals surface area contributed by atoms with E-state index in [0.29, 0.717) is 18.1 Å². The summed E-state index contributed by atoms with van der Waals surface area (Å²) in [6.07, 6.45) is 7.05. The normalized spacial score (nSPS) is 14.4. The number of β-amino-alcohol motifs (C(OH)–C–C–N with tert-alkyl or cyclic N) is 1. The van der Waals surface area contributed by atoms with E-state index in [9.17, 15) is 4.79 Å². The molecule has 0 aliphatic carbocycles. The Morgan fingerprint density at radius 2 is 2.05 bits per heavy atom. The van der Waals surface area contributed by atoms with Gasteiger partial charge in [0.15, 0.2) is 0 Å². The highest BCUT2D eigenvalue weighted by molar-refractivity contribution is 7.96. The first kappa shape index (κ1) is 31.2. The van der Waals surface area contributed by atoms with Crippen LogP contribution >= 0.6 is 23.5 Å². The predicted molar refractivity (Wildman–Crippen MR) is 158 cm³/mol. The number of fused-ring (bicyclic) bond motifs is 1. The van der Waals surface area contributed by atoms with E-state index in [4.69, 9.17) is 26.2 Å². The first-order valence-corrected chi connectivity index (χ1v) is 14.9. The van der Waals surface area contributed by atoms with Gasteiger partial charge in [-0.15, -0.1) is 0 Å². The molecule has 0 bridgehead atoms. The fourth-order valence-electron chi connectivity index (χ4n) is 4.52. The van der Waals surface area contributed by atoms with E-state index < -0.39 is 0 Å². The summed E-state index contributed by atoms with van der Waals surface area (Å²) in [5.41, 5.74) is 3.56. The molecule has 0 spiro atoms. The van der Waals surface area contributed by atoms with Crippen LogP contribution in [0.1, 0.15) is 50.8 Å². The highest BCUT2D eigenvalue weighted by atomic mass is 35.5. The van der Waals surface area contributed by atoms with Crippen molar-refractivity contribution in [2.75, 3.05) is 39.6 Å². The first-order valence-electron chi connectivity index (χ1n) is 13.3. The number of carbonyl (C=O) groups excluding carboxylic acids is 1. The number of methoxy groups -OCH3 is 1. The molecule has 1 aliphatic heterocycles. The summed E-state index contributed by atoms with van der Waals surface area (Å²) in [5.74, 6) is 0.690. The van der Waals surface area contributed by atoms with E-state index in [0.717, 1.165) is 72.5 Å². The van der Waals surface area contributed by atoms with Crippen LogP contribution in [0.25, 0.3) is 16.6 Å². The largest absolute Gasteiger partial charge is 0.494 e. The third-order valence-corrected chi connectivity index (χ3v) is 7.40. The number of hydrogen-bond donors (Lipinski definition) is 2. The molecule has 39 heavy (non-hydrogen) atoms. The standard InChI is InChI=1S/C16H17ClN4OS.C12H23NO3/c1-10-12-9-18-16(17)7-14(12)21(20-10)13-5-4-11(8-19-23-3)6-15(13)22-2;1-3-5-6-11(15)16-12(4-2)9-13(10-12)7-8-14/h4-7,9,19H,8H2,1-3H3;14H,3-10H2,1-2H3. The first-order chi connectivity index (χ1) is 18.8. The Morgan fingerprint density at radius 1 is 1.28 bits per heavy atom. The number of nitrogens with one attached hydrogen (secondary N) is 1. The number of ether oxygens (including phenoxy) is 2. The van der Waals surface area contributed by atoms with E-state index in [-0.39, 0.29) is 18.2 Å². The van der Waals surface area contributed by atoms with Crippen molar-refractivity contribution < 1.29 is 19.4 Å². The molecule has 9 nitrogen and oxygen atoms in total. The summed E-state index contributed by atoms with van der Waals surface area (Å²) >= 11 is 7.64. The number of carbonyl (C=O) groups is 1. The molecule has 1 aromatic carbocycles. The number of hydrogen-bond acceptors (Lipinski definition) is 9. The second-order valence-electron chi connectivity index (χ2n) is 9.60. The molecule has 2 aromatic heterocycles. The highest BCUT2D eigenvalue weighted by Crippen LogP contribution is 2.30. The maximum absolute atomic E-state index is 11.5. The van der Waals surface area contributed by atoms with Crippen molar-refractivity contribution in [3.05, 3.63) is 46.9 Å². The van der Waals surface area contributed by atoms with Gasteiger partial charge in [0, 0.05) is 50.2 Å². The number of nitrogens with zero attached hydrogens (tertiary/aromatic N) is 4. The van der Waals surface area contributed by atoms with Gasteiger partial charge in [-0.2, -0.15) is 5.10 Å². The Kier molecular flexibility index (Phi) is 11.9. The molecule has 0 unspecified atom stereocenters. The lowest BCUT2D eigenvalue weighted by Crippen LogP contribution is -2.63. The van der Waals surface area contributed by atoms with E-state index in [2.05, 4.69) is 32.7 Å². The zero-order valence-electron chi connectivity index (χ0n) is 23.5. The lowest BCUT2D eigenvalue weighted by Gasteiger charge is -2.48.